The first-order valence-electron chi connectivity index (χ1n) is 11.7. The Balaban J connectivity index is 1.50. The van der Waals surface area contributed by atoms with Gasteiger partial charge in [-0.3, -0.25) is 9.59 Å². The summed E-state index contributed by atoms with van der Waals surface area (Å²) >= 11 is 0. The van der Waals surface area contributed by atoms with Crippen molar-refractivity contribution in [3.8, 4) is 11.5 Å². The Hall–Kier alpha value is -3.03. The summed E-state index contributed by atoms with van der Waals surface area (Å²) in [6, 6.07) is 1.82. The van der Waals surface area contributed by atoms with Gasteiger partial charge in [0.15, 0.2) is 6.61 Å². The van der Waals surface area contributed by atoms with Crippen LogP contribution in [0.1, 0.15) is 56.2 Å². The van der Waals surface area contributed by atoms with E-state index in [-0.39, 0.29) is 30.3 Å². The van der Waals surface area contributed by atoms with Crippen molar-refractivity contribution in [1.82, 2.24) is 4.90 Å². The van der Waals surface area contributed by atoms with E-state index >= 15 is 0 Å². The average Bonchev–Trinajstić information content (AvgIpc) is 3.27. The maximum absolute atomic E-state index is 12.9. The van der Waals surface area contributed by atoms with Crippen molar-refractivity contribution in [2.75, 3.05) is 19.7 Å². The number of hydrogen-bond acceptors (Lipinski definition) is 6. The third-order valence-electron chi connectivity index (χ3n) is 7.11. The van der Waals surface area contributed by atoms with E-state index in [9.17, 15) is 19.5 Å². The maximum Gasteiger partial charge on any atom is 0.339 e. The van der Waals surface area contributed by atoms with Crippen LogP contribution in [0.3, 0.4) is 0 Å². The normalized spacial score (nSPS) is 21.3. The van der Waals surface area contributed by atoms with Gasteiger partial charge in [0.25, 0.3) is 5.91 Å². The summed E-state index contributed by atoms with van der Waals surface area (Å²) in [5, 5.41) is 10.1. The van der Waals surface area contributed by atoms with Gasteiger partial charge in [-0.05, 0) is 64.4 Å². The third-order valence-corrected chi connectivity index (χ3v) is 7.11. The van der Waals surface area contributed by atoms with Crippen molar-refractivity contribution in [3.05, 3.63) is 33.2 Å². The number of ether oxygens (including phenoxy) is 2. The lowest BCUT2D eigenvalue weighted by Crippen LogP contribution is -2.44. The highest BCUT2D eigenvalue weighted by molar-refractivity contribution is 5.93. The molecule has 2 aromatic rings. The van der Waals surface area contributed by atoms with Crippen LogP contribution in [0.25, 0.3) is 11.0 Å². The molecule has 0 bridgehead atoms. The number of aryl methyl sites for hydroxylation is 2. The van der Waals surface area contributed by atoms with Crippen molar-refractivity contribution < 1.29 is 28.6 Å². The zero-order chi connectivity index (χ0) is 23.3. The molecule has 1 atom stereocenters. The Morgan fingerprint density at radius 2 is 1.97 bits per heavy atom. The van der Waals surface area contributed by atoms with Crippen molar-refractivity contribution in [3.63, 3.8) is 0 Å². The van der Waals surface area contributed by atoms with E-state index in [2.05, 4.69) is 0 Å². The molecule has 0 spiro atoms. The summed E-state index contributed by atoms with van der Waals surface area (Å²) in [7, 11) is 0. The monoisotopic (exact) mass is 455 g/mol. The van der Waals surface area contributed by atoms with Gasteiger partial charge in [0.1, 0.15) is 22.7 Å². The molecule has 1 fully saturated rings. The van der Waals surface area contributed by atoms with Crippen LogP contribution < -0.4 is 15.1 Å². The van der Waals surface area contributed by atoms with Crippen molar-refractivity contribution in [1.29, 1.82) is 0 Å². The largest absolute Gasteiger partial charge is 0.487 e. The summed E-state index contributed by atoms with van der Waals surface area (Å²) in [6.45, 7) is 4.54. The fourth-order valence-electron chi connectivity index (χ4n) is 5.30. The SMILES string of the molecule is CC1(C)CCc2c(cc(OCC(=O)N3CCC[C@@H](C(=O)O)C3)c3c4c(c(=O)oc23)CCC4)O1. The van der Waals surface area contributed by atoms with Gasteiger partial charge in [-0.1, -0.05) is 0 Å². The fraction of sp³-hybridized carbons (Fsp3) is 0.560. The zero-order valence-electron chi connectivity index (χ0n) is 19.1. The zero-order valence-corrected chi connectivity index (χ0v) is 19.1. The predicted molar refractivity (Wildman–Crippen MR) is 120 cm³/mol. The molecule has 1 amide bonds. The summed E-state index contributed by atoms with van der Waals surface area (Å²) < 4.78 is 18.0. The molecule has 1 aromatic heterocycles. The Morgan fingerprint density at radius 3 is 2.76 bits per heavy atom. The van der Waals surface area contributed by atoms with Crippen molar-refractivity contribution in [2.45, 2.75) is 64.4 Å². The van der Waals surface area contributed by atoms with Crippen LogP contribution >= 0.6 is 0 Å². The quantitative estimate of drug-likeness (QED) is 0.706. The van der Waals surface area contributed by atoms with E-state index < -0.39 is 11.9 Å². The van der Waals surface area contributed by atoms with Crippen LogP contribution in [-0.4, -0.2) is 47.2 Å². The highest BCUT2D eigenvalue weighted by atomic mass is 16.5. The number of fused-ring (bicyclic) bond motifs is 5. The second-order valence-corrected chi connectivity index (χ2v) is 9.92. The van der Waals surface area contributed by atoms with Crippen LogP contribution in [0.15, 0.2) is 15.3 Å². The number of amides is 1. The van der Waals surface area contributed by atoms with E-state index in [1.165, 1.54) is 0 Å². The first-order valence-corrected chi connectivity index (χ1v) is 11.7. The number of carbonyl (C=O) groups excluding carboxylic acids is 1. The van der Waals surface area contributed by atoms with E-state index in [0.29, 0.717) is 48.5 Å². The van der Waals surface area contributed by atoms with E-state index in [4.69, 9.17) is 13.9 Å². The lowest BCUT2D eigenvalue weighted by Gasteiger charge is -2.33. The smallest absolute Gasteiger partial charge is 0.339 e. The minimum atomic E-state index is -0.876. The molecule has 8 heteroatoms. The van der Waals surface area contributed by atoms with E-state index in [1.54, 1.807) is 4.90 Å². The van der Waals surface area contributed by atoms with Gasteiger partial charge in [-0.25, -0.2) is 4.79 Å². The summed E-state index contributed by atoms with van der Waals surface area (Å²) in [5.41, 5.74) is 2.35. The highest BCUT2D eigenvalue weighted by Gasteiger charge is 2.33. The van der Waals surface area contributed by atoms with Gasteiger partial charge < -0.3 is 23.9 Å². The van der Waals surface area contributed by atoms with Gasteiger partial charge in [0.2, 0.25) is 0 Å². The van der Waals surface area contributed by atoms with Crippen LogP contribution in [0.4, 0.5) is 0 Å². The summed E-state index contributed by atoms with van der Waals surface area (Å²) in [6.07, 6.45) is 5.08. The van der Waals surface area contributed by atoms with Crippen LogP contribution in [0.5, 0.6) is 11.5 Å². The van der Waals surface area contributed by atoms with Gasteiger partial charge in [0, 0.05) is 30.3 Å². The summed E-state index contributed by atoms with van der Waals surface area (Å²) in [5.74, 6) is -0.572. The predicted octanol–water partition coefficient (Wildman–Crippen LogP) is 3.09. The second-order valence-electron chi connectivity index (χ2n) is 9.92. The van der Waals surface area contributed by atoms with Crippen molar-refractivity contribution in [2.24, 2.45) is 5.92 Å². The molecular formula is C25H29NO7. The molecule has 0 radical (unpaired) electrons. The number of nitrogens with zero attached hydrogens (tertiary/aromatic N) is 1. The molecule has 3 heterocycles. The maximum atomic E-state index is 12.9. The minimum absolute atomic E-state index is 0.198. The molecular weight excluding hydrogens is 426 g/mol. The molecule has 2 aliphatic heterocycles. The highest BCUT2D eigenvalue weighted by Crippen LogP contribution is 2.44. The topological polar surface area (TPSA) is 106 Å². The van der Waals surface area contributed by atoms with Crippen LogP contribution in [0.2, 0.25) is 0 Å². The number of rotatable bonds is 4. The second kappa shape index (κ2) is 8.08. The van der Waals surface area contributed by atoms with Gasteiger partial charge in [0.05, 0.1) is 11.3 Å². The first kappa shape index (κ1) is 21.8. The molecule has 1 aromatic carbocycles. The average molecular weight is 456 g/mol. The molecule has 33 heavy (non-hydrogen) atoms. The number of piperidine rings is 1. The Kier molecular flexibility index (Phi) is 5.34. The molecule has 5 rings (SSSR count). The van der Waals surface area contributed by atoms with Gasteiger partial charge >= 0.3 is 11.6 Å². The van der Waals surface area contributed by atoms with E-state index in [1.807, 2.05) is 19.9 Å². The summed E-state index contributed by atoms with van der Waals surface area (Å²) in [4.78, 5) is 38.4. The lowest BCUT2D eigenvalue weighted by atomic mass is 9.91. The molecule has 176 valence electrons. The lowest BCUT2D eigenvalue weighted by molar-refractivity contribution is -0.146. The molecule has 1 N–H and O–H groups in total. The Morgan fingerprint density at radius 1 is 1.18 bits per heavy atom. The molecule has 8 nitrogen and oxygen atoms in total. The van der Waals surface area contributed by atoms with Gasteiger partial charge in [-0.15, -0.1) is 0 Å². The molecule has 3 aliphatic rings. The number of likely N-dealkylation sites (tertiary alicyclic amines) is 1. The Bertz CT molecular complexity index is 1200. The number of benzene rings is 1. The van der Waals surface area contributed by atoms with E-state index in [0.717, 1.165) is 42.2 Å². The Labute approximate surface area is 191 Å². The number of aliphatic carboxylic acids is 1. The van der Waals surface area contributed by atoms with Gasteiger partial charge in [-0.2, -0.15) is 0 Å². The van der Waals surface area contributed by atoms with Crippen LogP contribution in [0, 0.1) is 5.92 Å². The number of hydrogen-bond donors (Lipinski definition) is 1. The molecule has 0 unspecified atom stereocenters. The number of carbonyl (C=O) groups is 2. The van der Waals surface area contributed by atoms with Crippen LogP contribution in [-0.2, 0) is 28.9 Å². The first-order chi connectivity index (χ1) is 15.7. The minimum Gasteiger partial charge on any atom is -0.487 e. The standard InChI is InChI=1S/C25H29NO7/c1-25(2)9-8-17-18(33-25)11-19(21-15-6-3-7-16(15)24(30)32-22(17)21)31-13-20(27)26-10-4-5-14(12-26)23(28)29/h11,14H,3-10,12-13H2,1-2H3,(H,28,29)/t14-/m1/s1. The molecule has 0 saturated carbocycles. The fourth-order valence-corrected chi connectivity index (χ4v) is 5.30. The third kappa shape index (κ3) is 3.96. The van der Waals surface area contributed by atoms with Crippen molar-refractivity contribution >= 4 is 22.8 Å². The molecule has 1 aliphatic carbocycles. The number of carboxylic acid groups (broad SMARTS) is 1. The number of carboxylic acids is 1. The molecule has 1 saturated heterocycles.